The zero-order chi connectivity index (χ0) is 9.11. The summed E-state index contributed by atoms with van der Waals surface area (Å²) < 4.78 is 13.4. The first-order valence-corrected chi connectivity index (χ1v) is 3.44. The van der Waals surface area contributed by atoms with Gasteiger partial charge in [-0.1, -0.05) is 13.8 Å². The molecular formula is C7H16O4. The minimum Gasteiger partial charge on any atom is -0.437 e. The Labute approximate surface area is 67.4 Å². The highest BCUT2D eigenvalue weighted by Crippen LogP contribution is 1.78. The summed E-state index contributed by atoms with van der Waals surface area (Å²) >= 11 is 0. The van der Waals surface area contributed by atoms with Crippen molar-refractivity contribution in [1.82, 2.24) is 0 Å². The number of carbonyl (C=O) groups excluding carboxylic acids is 1. The van der Waals surface area contributed by atoms with Crippen molar-refractivity contribution in [3.8, 4) is 0 Å². The Kier molecular flexibility index (Phi) is 14.3. The molecule has 0 spiro atoms. The molecule has 4 heteroatoms. The number of esters is 1. The van der Waals surface area contributed by atoms with Gasteiger partial charge in [-0.15, -0.1) is 0 Å². The Morgan fingerprint density at radius 1 is 1.18 bits per heavy atom. The van der Waals surface area contributed by atoms with Crippen LogP contribution in [0.2, 0.25) is 0 Å². The van der Waals surface area contributed by atoms with E-state index in [1.807, 2.05) is 13.8 Å². The van der Waals surface area contributed by atoms with Gasteiger partial charge < -0.3 is 14.2 Å². The second-order valence-electron chi connectivity index (χ2n) is 1.36. The summed E-state index contributed by atoms with van der Waals surface area (Å²) in [5.74, 6) is -0.417. The summed E-state index contributed by atoms with van der Waals surface area (Å²) in [5.41, 5.74) is 0. The summed E-state index contributed by atoms with van der Waals surface area (Å²) in [6.45, 7) is 3.96. The van der Waals surface area contributed by atoms with Gasteiger partial charge in [-0.3, -0.25) is 0 Å². The predicted molar refractivity (Wildman–Crippen MR) is 41.2 cm³/mol. The van der Waals surface area contributed by atoms with E-state index in [0.29, 0.717) is 0 Å². The Bertz CT molecular complexity index is 82.5. The van der Waals surface area contributed by atoms with Crippen molar-refractivity contribution in [3.63, 3.8) is 0 Å². The van der Waals surface area contributed by atoms with Crippen LogP contribution >= 0.6 is 0 Å². The molecule has 0 N–H and O–H groups in total. The predicted octanol–water partition coefficient (Wildman–Crippen LogP) is 0.806. The maximum absolute atomic E-state index is 10.4. The van der Waals surface area contributed by atoms with Crippen LogP contribution in [0.25, 0.3) is 0 Å². The SMILES string of the molecule is CC.COCOC(=O)COC. The summed E-state index contributed by atoms with van der Waals surface area (Å²) in [6.07, 6.45) is 0. The first-order valence-electron chi connectivity index (χ1n) is 3.44. The highest BCUT2D eigenvalue weighted by Gasteiger charge is 1.97. The van der Waals surface area contributed by atoms with Crippen LogP contribution in [0.15, 0.2) is 0 Å². The van der Waals surface area contributed by atoms with Gasteiger partial charge >= 0.3 is 5.97 Å². The van der Waals surface area contributed by atoms with E-state index < -0.39 is 5.97 Å². The quantitative estimate of drug-likeness (QED) is 0.455. The Morgan fingerprint density at radius 3 is 2.09 bits per heavy atom. The molecule has 0 fully saturated rings. The minimum absolute atomic E-state index is 0.0117. The van der Waals surface area contributed by atoms with E-state index in [1.165, 1.54) is 14.2 Å². The van der Waals surface area contributed by atoms with Crippen molar-refractivity contribution in [2.75, 3.05) is 27.6 Å². The summed E-state index contributed by atoms with van der Waals surface area (Å²) in [6, 6.07) is 0. The molecule has 0 aromatic carbocycles. The fraction of sp³-hybridized carbons (Fsp3) is 0.857. The number of hydrogen-bond donors (Lipinski definition) is 0. The van der Waals surface area contributed by atoms with Gasteiger partial charge in [0.05, 0.1) is 0 Å². The van der Waals surface area contributed by atoms with Crippen LogP contribution < -0.4 is 0 Å². The molecule has 0 bridgehead atoms. The lowest BCUT2D eigenvalue weighted by Crippen LogP contribution is -2.12. The van der Waals surface area contributed by atoms with Gasteiger partial charge in [-0.25, -0.2) is 4.79 Å². The summed E-state index contributed by atoms with van der Waals surface area (Å²) in [4.78, 5) is 10.4. The first-order chi connectivity index (χ1) is 5.31. The molecule has 0 aromatic heterocycles. The van der Waals surface area contributed by atoms with Gasteiger partial charge in [0.2, 0.25) is 0 Å². The topological polar surface area (TPSA) is 44.8 Å². The van der Waals surface area contributed by atoms with E-state index in [1.54, 1.807) is 0 Å². The van der Waals surface area contributed by atoms with Gasteiger partial charge in [0, 0.05) is 14.2 Å². The molecule has 0 aliphatic carbocycles. The molecule has 0 aromatic rings. The van der Waals surface area contributed by atoms with Crippen molar-refractivity contribution < 1.29 is 19.0 Å². The van der Waals surface area contributed by atoms with Crippen LogP contribution in [0.4, 0.5) is 0 Å². The van der Waals surface area contributed by atoms with Crippen LogP contribution in [0.1, 0.15) is 13.8 Å². The third kappa shape index (κ3) is 12.6. The maximum atomic E-state index is 10.4. The Morgan fingerprint density at radius 2 is 1.73 bits per heavy atom. The van der Waals surface area contributed by atoms with Gasteiger partial charge in [-0.05, 0) is 0 Å². The molecule has 0 amide bonds. The van der Waals surface area contributed by atoms with E-state index in [4.69, 9.17) is 0 Å². The molecule has 0 rings (SSSR count). The molecule has 0 aliphatic rings. The van der Waals surface area contributed by atoms with Crippen molar-refractivity contribution in [2.24, 2.45) is 0 Å². The summed E-state index contributed by atoms with van der Waals surface area (Å²) in [5, 5.41) is 0. The number of hydrogen-bond acceptors (Lipinski definition) is 4. The lowest BCUT2D eigenvalue weighted by molar-refractivity contribution is -0.158. The smallest absolute Gasteiger partial charge is 0.334 e. The van der Waals surface area contributed by atoms with E-state index >= 15 is 0 Å². The van der Waals surface area contributed by atoms with Crippen molar-refractivity contribution >= 4 is 5.97 Å². The van der Waals surface area contributed by atoms with Crippen LogP contribution in [0.5, 0.6) is 0 Å². The number of carbonyl (C=O) groups is 1. The maximum Gasteiger partial charge on any atom is 0.334 e. The third-order valence-corrected chi connectivity index (χ3v) is 0.600. The van der Waals surface area contributed by atoms with Gasteiger partial charge in [0.25, 0.3) is 0 Å². The average Bonchev–Trinajstić information content (AvgIpc) is 2.05. The molecule has 0 unspecified atom stereocenters. The second-order valence-corrected chi connectivity index (χ2v) is 1.36. The minimum atomic E-state index is -0.417. The van der Waals surface area contributed by atoms with Crippen molar-refractivity contribution in [3.05, 3.63) is 0 Å². The Balaban J connectivity index is 0. The van der Waals surface area contributed by atoms with Gasteiger partial charge in [0.1, 0.15) is 6.61 Å². The number of methoxy groups -OCH3 is 2. The molecular weight excluding hydrogens is 148 g/mol. The van der Waals surface area contributed by atoms with E-state index in [2.05, 4.69) is 14.2 Å². The summed E-state index contributed by atoms with van der Waals surface area (Å²) in [7, 11) is 2.87. The molecule has 0 saturated carbocycles. The van der Waals surface area contributed by atoms with Crippen molar-refractivity contribution in [2.45, 2.75) is 13.8 Å². The molecule has 4 nitrogen and oxygen atoms in total. The molecule has 11 heavy (non-hydrogen) atoms. The lowest BCUT2D eigenvalue weighted by Gasteiger charge is -1.99. The van der Waals surface area contributed by atoms with Crippen LogP contribution in [0.3, 0.4) is 0 Å². The Hall–Kier alpha value is -0.610. The molecule has 0 aliphatic heterocycles. The second kappa shape index (κ2) is 12.1. The standard InChI is InChI=1S/C5H10O4.C2H6/c1-7-3-5(6)9-4-8-2;1-2/h3-4H2,1-2H3;1-2H3. The largest absolute Gasteiger partial charge is 0.437 e. The van der Waals surface area contributed by atoms with Crippen LogP contribution in [-0.4, -0.2) is 33.6 Å². The average molecular weight is 164 g/mol. The zero-order valence-corrected chi connectivity index (χ0v) is 7.55. The highest BCUT2D eigenvalue weighted by atomic mass is 16.7. The van der Waals surface area contributed by atoms with Gasteiger partial charge in [-0.2, -0.15) is 0 Å². The molecule has 0 radical (unpaired) electrons. The first kappa shape index (κ1) is 13.0. The highest BCUT2D eigenvalue weighted by molar-refractivity contribution is 5.70. The lowest BCUT2D eigenvalue weighted by atomic mass is 10.7. The molecule has 0 heterocycles. The fourth-order valence-corrected chi connectivity index (χ4v) is 0.284. The van der Waals surface area contributed by atoms with Gasteiger partial charge in [0.15, 0.2) is 6.79 Å². The van der Waals surface area contributed by atoms with E-state index in [-0.39, 0.29) is 13.4 Å². The molecule has 0 saturated heterocycles. The van der Waals surface area contributed by atoms with Crippen LogP contribution in [-0.2, 0) is 19.0 Å². The van der Waals surface area contributed by atoms with Crippen LogP contribution in [0, 0.1) is 0 Å². The van der Waals surface area contributed by atoms with E-state index in [0.717, 1.165) is 0 Å². The number of ether oxygens (including phenoxy) is 3. The monoisotopic (exact) mass is 164 g/mol. The molecule has 0 atom stereocenters. The molecule has 68 valence electrons. The van der Waals surface area contributed by atoms with E-state index in [9.17, 15) is 4.79 Å². The normalized spacial score (nSPS) is 8.00. The third-order valence-electron chi connectivity index (χ3n) is 0.600. The fourth-order valence-electron chi connectivity index (χ4n) is 0.284. The van der Waals surface area contributed by atoms with Crippen molar-refractivity contribution in [1.29, 1.82) is 0 Å². The zero-order valence-electron chi connectivity index (χ0n) is 7.55. The number of rotatable bonds is 4.